The second-order valence-corrected chi connectivity index (χ2v) is 5.57. The SMILES string of the molecule is CCc1ccc(NC(N)=NCc2cc3c(cc2OC(F)F)OCO3)cc1. The highest BCUT2D eigenvalue weighted by Gasteiger charge is 2.19. The summed E-state index contributed by atoms with van der Waals surface area (Å²) in [4.78, 5) is 4.19. The van der Waals surface area contributed by atoms with Crippen LogP contribution >= 0.6 is 0 Å². The lowest BCUT2D eigenvalue weighted by atomic mass is 10.1. The molecule has 0 radical (unpaired) electrons. The minimum absolute atomic E-state index is 0.0203. The molecule has 3 rings (SSSR count). The molecule has 0 atom stereocenters. The number of nitrogens with one attached hydrogen (secondary N) is 1. The number of nitrogens with zero attached hydrogens (tertiary/aromatic N) is 1. The van der Waals surface area contributed by atoms with E-state index < -0.39 is 6.61 Å². The molecular weight excluding hydrogens is 344 g/mol. The van der Waals surface area contributed by atoms with Crippen LogP contribution in [0.1, 0.15) is 18.1 Å². The molecule has 0 saturated carbocycles. The number of hydrogen-bond donors (Lipinski definition) is 2. The third kappa shape index (κ3) is 4.33. The lowest BCUT2D eigenvalue weighted by Crippen LogP contribution is -2.22. The van der Waals surface area contributed by atoms with Gasteiger partial charge in [0, 0.05) is 17.3 Å². The number of guanidine groups is 1. The van der Waals surface area contributed by atoms with Crippen LogP contribution in [0.4, 0.5) is 14.5 Å². The lowest BCUT2D eigenvalue weighted by molar-refractivity contribution is -0.0504. The topological polar surface area (TPSA) is 78.1 Å². The van der Waals surface area contributed by atoms with Crippen LogP contribution < -0.4 is 25.3 Å². The number of halogens is 2. The molecule has 1 heterocycles. The van der Waals surface area contributed by atoms with Crippen molar-refractivity contribution < 1.29 is 23.0 Å². The van der Waals surface area contributed by atoms with Gasteiger partial charge < -0.3 is 25.3 Å². The van der Waals surface area contributed by atoms with Gasteiger partial charge in [0.2, 0.25) is 6.79 Å². The second-order valence-electron chi connectivity index (χ2n) is 5.57. The van der Waals surface area contributed by atoms with E-state index in [-0.39, 0.29) is 25.0 Å². The molecule has 0 fully saturated rings. The fourth-order valence-corrected chi connectivity index (χ4v) is 2.48. The molecule has 0 bridgehead atoms. The zero-order chi connectivity index (χ0) is 18.5. The van der Waals surface area contributed by atoms with E-state index in [4.69, 9.17) is 15.2 Å². The van der Waals surface area contributed by atoms with Crippen LogP contribution in [-0.2, 0) is 13.0 Å². The maximum atomic E-state index is 12.6. The Balaban J connectivity index is 1.73. The smallest absolute Gasteiger partial charge is 0.387 e. The molecule has 3 N–H and O–H groups in total. The summed E-state index contributed by atoms with van der Waals surface area (Å²) in [6.07, 6.45) is 0.945. The molecule has 1 aliphatic rings. The van der Waals surface area contributed by atoms with Gasteiger partial charge in [0.25, 0.3) is 0 Å². The number of fused-ring (bicyclic) bond motifs is 1. The Hall–Kier alpha value is -3.03. The van der Waals surface area contributed by atoms with Crippen molar-refractivity contribution in [1.82, 2.24) is 0 Å². The first-order chi connectivity index (χ1) is 12.5. The van der Waals surface area contributed by atoms with Gasteiger partial charge >= 0.3 is 6.61 Å². The molecule has 1 aliphatic heterocycles. The standard InChI is InChI=1S/C18H19F2N3O3/c1-2-11-3-5-13(6-4-11)23-18(21)22-9-12-7-15-16(25-10-24-15)8-14(12)26-17(19)20/h3-8,17H,2,9-10H2,1H3,(H3,21,22,23). The third-order valence-electron chi connectivity index (χ3n) is 3.83. The van der Waals surface area contributed by atoms with E-state index in [0.717, 1.165) is 12.1 Å². The summed E-state index contributed by atoms with van der Waals surface area (Å²) < 4.78 is 40.3. The molecular formula is C18H19F2N3O3. The molecule has 0 aromatic heterocycles. The minimum atomic E-state index is -2.95. The monoisotopic (exact) mass is 363 g/mol. The van der Waals surface area contributed by atoms with Gasteiger partial charge in [0.1, 0.15) is 5.75 Å². The Morgan fingerprint density at radius 1 is 1.23 bits per heavy atom. The predicted molar refractivity (Wildman–Crippen MR) is 94.0 cm³/mol. The highest BCUT2D eigenvalue weighted by molar-refractivity contribution is 5.92. The Kier molecular flexibility index (Phi) is 5.40. The summed E-state index contributed by atoms with van der Waals surface area (Å²) in [6, 6.07) is 10.7. The van der Waals surface area contributed by atoms with Crippen molar-refractivity contribution in [2.75, 3.05) is 12.1 Å². The lowest BCUT2D eigenvalue weighted by Gasteiger charge is -2.11. The summed E-state index contributed by atoms with van der Waals surface area (Å²) in [5, 5.41) is 2.96. The van der Waals surface area contributed by atoms with Gasteiger partial charge in [-0.05, 0) is 30.2 Å². The first kappa shape index (κ1) is 17.8. The number of rotatable bonds is 6. The van der Waals surface area contributed by atoms with E-state index >= 15 is 0 Å². The van der Waals surface area contributed by atoms with Crippen molar-refractivity contribution in [3.05, 3.63) is 47.5 Å². The fraction of sp³-hybridized carbons (Fsp3) is 0.278. The van der Waals surface area contributed by atoms with Crippen LogP contribution in [-0.4, -0.2) is 19.4 Å². The summed E-state index contributed by atoms with van der Waals surface area (Å²) in [7, 11) is 0. The summed E-state index contributed by atoms with van der Waals surface area (Å²) in [6.45, 7) is -0.799. The van der Waals surface area contributed by atoms with E-state index in [2.05, 4.69) is 22.0 Å². The highest BCUT2D eigenvalue weighted by Crippen LogP contribution is 2.39. The maximum Gasteiger partial charge on any atom is 0.387 e. The van der Waals surface area contributed by atoms with E-state index in [0.29, 0.717) is 17.1 Å². The fourth-order valence-electron chi connectivity index (χ4n) is 2.48. The number of nitrogens with two attached hydrogens (primary N) is 1. The molecule has 0 saturated heterocycles. The Bertz CT molecular complexity index is 795. The Morgan fingerprint density at radius 2 is 1.92 bits per heavy atom. The molecule has 2 aromatic carbocycles. The van der Waals surface area contributed by atoms with Crippen LogP contribution in [0.15, 0.2) is 41.4 Å². The number of aryl methyl sites for hydroxylation is 1. The summed E-state index contributed by atoms with van der Waals surface area (Å²) in [5.74, 6) is 0.956. The largest absolute Gasteiger partial charge is 0.454 e. The van der Waals surface area contributed by atoms with Crippen LogP contribution in [0, 0.1) is 0 Å². The van der Waals surface area contributed by atoms with E-state index in [1.165, 1.54) is 11.6 Å². The number of hydrogen-bond acceptors (Lipinski definition) is 4. The number of anilines is 1. The van der Waals surface area contributed by atoms with Gasteiger partial charge in [0.15, 0.2) is 17.5 Å². The maximum absolute atomic E-state index is 12.6. The molecule has 0 unspecified atom stereocenters. The second kappa shape index (κ2) is 7.90. The predicted octanol–water partition coefficient (Wildman–Crippen LogP) is 3.51. The summed E-state index contributed by atoms with van der Waals surface area (Å²) >= 11 is 0. The molecule has 6 nitrogen and oxygen atoms in total. The number of ether oxygens (including phenoxy) is 3. The molecule has 0 spiro atoms. The van der Waals surface area contributed by atoms with Crippen molar-refractivity contribution in [1.29, 1.82) is 0 Å². The van der Waals surface area contributed by atoms with Crippen molar-refractivity contribution >= 4 is 11.6 Å². The van der Waals surface area contributed by atoms with Crippen molar-refractivity contribution in [2.24, 2.45) is 10.7 Å². The average Bonchev–Trinajstić information content (AvgIpc) is 3.07. The quantitative estimate of drug-likeness (QED) is 0.607. The van der Waals surface area contributed by atoms with Gasteiger partial charge in [-0.25, -0.2) is 4.99 Å². The van der Waals surface area contributed by atoms with E-state index in [9.17, 15) is 8.78 Å². The highest BCUT2D eigenvalue weighted by atomic mass is 19.3. The van der Waals surface area contributed by atoms with Gasteiger partial charge in [-0.15, -0.1) is 0 Å². The van der Waals surface area contributed by atoms with Gasteiger partial charge in [0.05, 0.1) is 6.54 Å². The number of benzene rings is 2. The van der Waals surface area contributed by atoms with Gasteiger partial charge in [-0.2, -0.15) is 8.78 Å². The van der Waals surface area contributed by atoms with Crippen LogP contribution in [0.25, 0.3) is 0 Å². The first-order valence-electron chi connectivity index (χ1n) is 8.08. The average molecular weight is 363 g/mol. The molecule has 26 heavy (non-hydrogen) atoms. The van der Waals surface area contributed by atoms with Crippen LogP contribution in [0.2, 0.25) is 0 Å². The van der Waals surface area contributed by atoms with E-state index in [1.54, 1.807) is 6.07 Å². The van der Waals surface area contributed by atoms with Crippen LogP contribution in [0.3, 0.4) is 0 Å². The zero-order valence-electron chi connectivity index (χ0n) is 14.2. The van der Waals surface area contributed by atoms with Crippen molar-refractivity contribution in [3.8, 4) is 17.2 Å². The molecule has 0 aliphatic carbocycles. The van der Waals surface area contributed by atoms with Crippen LogP contribution in [0.5, 0.6) is 17.2 Å². The summed E-state index contributed by atoms with van der Waals surface area (Å²) in [5.41, 5.74) is 8.30. The van der Waals surface area contributed by atoms with Gasteiger partial charge in [-0.1, -0.05) is 19.1 Å². The molecule has 138 valence electrons. The zero-order valence-corrected chi connectivity index (χ0v) is 14.2. The Labute approximate surface area is 149 Å². The number of aliphatic imine (C=N–C) groups is 1. The van der Waals surface area contributed by atoms with Crippen molar-refractivity contribution in [3.63, 3.8) is 0 Å². The molecule has 8 heteroatoms. The van der Waals surface area contributed by atoms with Crippen molar-refractivity contribution in [2.45, 2.75) is 26.5 Å². The third-order valence-corrected chi connectivity index (χ3v) is 3.83. The first-order valence-corrected chi connectivity index (χ1v) is 8.08. The number of alkyl halides is 2. The van der Waals surface area contributed by atoms with Gasteiger partial charge in [-0.3, -0.25) is 0 Å². The molecule has 0 amide bonds. The minimum Gasteiger partial charge on any atom is -0.454 e. The Morgan fingerprint density at radius 3 is 2.58 bits per heavy atom. The molecule has 2 aromatic rings. The normalized spacial score (nSPS) is 13.2. The van der Waals surface area contributed by atoms with E-state index in [1.807, 2.05) is 24.3 Å².